The molecule has 0 aliphatic carbocycles. The summed E-state index contributed by atoms with van der Waals surface area (Å²) in [6.45, 7) is -0.406. The summed E-state index contributed by atoms with van der Waals surface area (Å²) in [7, 11) is 0. The van der Waals surface area contributed by atoms with Crippen LogP contribution in [0.4, 0.5) is 4.39 Å². The monoisotopic (exact) mass is 337 g/mol. The number of rotatable bonds is 4. The Hall–Kier alpha value is -2.08. The topological polar surface area (TPSA) is 56.3 Å². The molecular weight excluding hydrogens is 329 g/mol. The van der Waals surface area contributed by atoms with Crippen molar-refractivity contribution in [3.8, 4) is 0 Å². The highest BCUT2D eigenvalue weighted by atomic mass is 79.9. The van der Waals surface area contributed by atoms with Gasteiger partial charge in [-0.3, -0.25) is 9.78 Å². The van der Waals surface area contributed by atoms with E-state index >= 15 is 0 Å². The Morgan fingerprint density at radius 1 is 1.15 bits per heavy atom. The number of carbonyl (C=O) groups excluding carboxylic acids is 2. The predicted molar refractivity (Wildman–Crippen MR) is 73.0 cm³/mol. The molecule has 0 spiro atoms. The van der Waals surface area contributed by atoms with Crippen molar-refractivity contribution in [2.45, 2.75) is 0 Å². The molecule has 0 N–H and O–H groups in total. The number of hydrogen-bond acceptors (Lipinski definition) is 4. The Labute approximate surface area is 122 Å². The number of benzene rings is 1. The van der Waals surface area contributed by atoms with Crippen molar-refractivity contribution in [3.05, 3.63) is 64.1 Å². The van der Waals surface area contributed by atoms with E-state index in [0.29, 0.717) is 4.47 Å². The van der Waals surface area contributed by atoms with Crippen LogP contribution < -0.4 is 0 Å². The zero-order valence-electron chi connectivity index (χ0n) is 10.2. The molecular formula is C14H9BrFNO3. The molecule has 4 nitrogen and oxygen atoms in total. The number of pyridine rings is 1. The van der Waals surface area contributed by atoms with Gasteiger partial charge in [-0.25, -0.2) is 9.18 Å². The maximum absolute atomic E-state index is 12.7. The second-order valence-electron chi connectivity index (χ2n) is 3.90. The van der Waals surface area contributed by atoms with E-state index in [4.69, 9.17) is 4.74 Å². The minimum Gasteiger partial charge on any atom is -0.454 e. The molecule has 0 bridgehead atoms. The number of carbonyl (C=O) groups is 2. The third-order valence-corrected chi connectivity index (χ3v) is 2.87. The van der Waals surface area contributed by atoms with Gasteiger partial charge in [0.1, 0.15) is 5.82 Å². The van der Waals surface area contributed by atoms with Crippen molar-refractivity contribution in [1.29, 1.82) is 0 Å². The zero-order chi connectivity index (χ0) is 14.5. The molecule has 0 atom stereocenters. The molecule has 0 unspecified atom stereocenters. The van der Waals surface area contributed by atoms with Gasteiger partial charge in [-0.1, -0.05) is 0 Å². The van der Waals surface area contributed by atoms with Crippen molar-refractivity contribution in [2.24, 2.45) is 0 Å². The van der Waals surface area contributed by atoms with Gasteiger partial charge in [-0.2, -0.15) is 0 Å². The van der Waals surface area contributed by atoms with Gasteiger partial charge in [0.05, 0.1) is 5.56 Å². The van der Waals surface area contributed by atoms with Crippen LogP contribution in [-0.4, -0.2) is 23.3 Å². The van der Waals surface area contributed by atoms with Crippen LogP contribution in [0.25, 0.3) is 0 Å². The zero-order valence-corrected chi connectivity index (χ0v) is 11.8. The van der Waals surface area contributed by atoms with Crippen LogP contribution in [-0.2, 0) is 4.74 Å². The molecule has 0 saturated heterocycles. The molecule has 0 aliphatic heterocycles. The van der Waals surface area contributed by atoms with Crippen LogP contribution in [0.15, 0.2) is 47.2 Å². The number of Topliss-reactive ketones (excluding diaryl/α,β-unsaturated/α-hetero) is 1. The standard InChI is InChI=1S/C14H9BrFNO3/c15-11-5-10(6-17-7-11)14(19)20-8-13(18)9-1-3-12(16)4-2-9/h1-7H,8H2. The van der Waals surface area contributed by atoms with E-state index in [-0.39, 0.29) is 11.1 Å². The SMILES string of the molecule is O=C(COC(=O)c1cncc(Br)c1)c1ccc(F)cc1. The van der Waals surface area contributed by atoms with Crippen molar-refractivity contribution in [1.82, 2.24) is 4.98 Å². The first-order chi connectivity index (χ1) is 9.56. The molecule has 0 saturated carbocycles. The molecule has 2 aromatic rings. The number of esters is 1. The van der Waals surface area contributed by atoms with E-state index in [1.807, 2.05) is 0 Å². The summed E-state index contributed by atoms with van der Waals surface area (Å²) in [4.78, 5) is 27.3. The Kier molecular flexibility index (Phi) is 4.57. The molecule has 1 heterocycles. The summed E-state index contributed by atoms with van der Waals surface area (Å²) >= 11 is 3.18. The first-order valence-electron chi connectivity index (χ1n) is 5.63. The van der Waals surface area contributed by atoms with Crippen molar-refractivity contribution >= 4 is 27.7 Å². The van der Waals surface area contributed by atoms with Gasteiger partial charge in [0.25, 0.3) is 0 Å². The van der Waals surface area contributed by atoms with Gasteiger partial charge in [0.15, 0.2) is 12.4 Å². The smallest absolute Gasteiger partial charge is 0.340 e. The first kappa shape index (κ1) is 14.3. The average Bonchev–Trinajstić information content (AvgIpc) is 2.45. The van der Waals surface area contributed by atoms with Gasteiger partial charge in [-0.05, 0) is 46.3 Å². The molecule has 20 heavy (non-hydrogen) atoms. The Bertz CT molecular complexity index is 643. The van der Waals surface area contributed by atoms with Gasteiger partial charge in [-0.15, -0.1) is 0 Å². The normalized spacial score (nSPS) is 10.1. The lowest BCUT2D eigenvalue weighted by Crippen LogP contribution is -2.14. The third-order valence-electron chi connectivity index (χ3n) is 2.44. The van der Waals surface area contributed by atoms with Crippen molar-refractivity contribution < 1.29 is 18.7 Å². The van der Waals surface area contributed by atoms with E-state index in [9.17, 15) is 14.0 Å². The third kappa shape index (κ3) is 3.71. The second-order valence-corrected chi connectivity index (χ2v) is 4.81. The fourth-order valence-electron chi connectivity index (χ4n) is 1.46. The lowest BCUT2D eigenvalue weighted by atomic mass is 10.1. The summed E-state index contributed by atoms with van der Waals surface area (Å²) in [5, 5.41) is 0. The average molecular weight is 338 g/mol. The van der Waals surface area contributed by atoms with Crippen LogP contribution in [0.3, 0.4) is 0 Å². The summed E-state index contributed by atoms with van der Waals surface area (Å²) in [6, 6.07) is 6.57. The fraction of sp³-hybridized carbons (Fsp3) is 0.0714. The second kappa shape index (κ2) is 6.38. The largest absolute Gasteiger partial charge is 0.454 e. The highest BCUT2D eigenvalue weighted by Gasteiger charge is 2.12. The molecule has 0 fully saturated rings. The Balaban J connectivity index is 1.96. The van der Waals surface area contributed by atoms with E-state index in [0.717, 1.165) is 0 Å². The highest BCUT2D eigenvalue weighted by Crippen LogP contribution is 2.11. The molecule has 0 amide bonds. The van der Waals surface area contributed by atoms with Gasteiger partial charge in [0, 0.05) is 22.4 Å². The summed E-state index contributed by atoms with van der Waals surface area (Å²) in [6.07, 6.45) is 2.87. The number of ether oxygens (including phenoxy) is 1. The molecule has 102 valence electrons. The summed E-state index contributed by atoms with van der Waals surface area (Å²) in [5.74, 6) is -1.48. The molecule has 1 aromatic heterocycles. The molecule has 6 heteroatoms. The Morgan fingerprint density at radius 2 is 1.85 bits per heavy atom. The van der Waals surface area contributed by atoms with Gasteiger partial charge < -0.3 is 4.74 Å². The number of nitrogens with zero attached hydrogens (tertiary/aromatic N) is 1. The van der Waals surface area contributed by atoms with Crippen molar-refractivity contribution in [3.63, 3.8) is 0 Å². The molecule has 2 rings (SSSR count). The first-order valence-corrected chi connectivity index (χ1v) is 6.42. The van der Waals surface area contributed by atoms with Crippen LogP contribution in [0.5, 0.6) is 0 Å². The molecule has 1 aromatic carbocycles. The van der Waals surface area contributed by atoms with Crippen LogP contribution >= 0.6 is 15.9 Å². The number of ketones is 1. The molecule has 0 aliphatic rings. The lowest BCUT2D eigenvalue weighted by molar-refractivity contribution is 0.0474. The minimum absolute atomic E-state index is 0.242. The Morgan fingerprint density at radius 3 is 2.50 bits per heavy atom. The fourth-order valence-corrected chi connectivity index (χ4v) is 1.82. The van der Waals surface area contributed by atoms with Crippen LogP contribution in [0.2, 0.25) is 0 Å². The maximum atomic E-state index is 12.7. The number of aromatic nitrogens is 1. The van der Waals surface area contributed by atoms with Gasteiger partial charge in [0.2, 0.25) is 0 Å². The number of hydrogen-bond donors (Lipinski definition) is 0. The summed E-state index contributed by atoms with van der Waals surface area (Å²) in [5.41, 5.74) is 0.526. The summed E-state index contributed by atoms with van der Waals surface area (Å²) < 4.78 is 18.2. The maximum Gasteiger partial charge on any atom is 0.340 e. The van der Waals surface area contributed by atoms with Crippen LogP contribution in [0.1, 0.15) is 20.7 Å². The van der Waals surface area contributed by atoms with E-state index in [1.54, 1.807) is 0 Å². The highest BCUT2D eigenvalue weighted by molar-refractivity contribution is 9.10. The van der Waals surface area contributed by atoms with Crippen LogP contribution in [0, 0.1) is 5.82 Å². The van der Waals surface area contributed by atoms with Crippen molar-refractivity contribution in [2.75, 3.05) is 6.61 Å². The lowest BCUT2D eigenvalue weighted by Gasteiger charge is -2.04. The van der Waals surface area contributed by atoms with E-state index in [1.165, 1.54) is 42.7 Å². The quantitative estimate of drug-likeness (QED) is 0.635. The minimum atomic E-state index is -0.644. The molecule has 0 radical (unpaired) electrons. The van der Waals surface area contributed by atoms with E-state index < -0.39 is 24.2 Å². The van der Waals surface area contributed by atoms with Gasteiger partial charge >= 0.3 is 5.97 Å². The van der Waals surface area contributed by atoms with E-state index in [2.05, 4.69) is 20.9 Å². The predicted octanol–water partition coefficient (Wildman–Crippen LogP) is 3.02. The number of halogens is 2.